The van der Waals surface area contributed by atoms with Crippen LogP contribution in [0.3, 0.4) is 0 Å². The number of aliphatic hydroxyl groups is 1. The Kier molecular flexibility index (Phi) is 7.56. The average molecular weight is 632 g/mol. The number of imidazole rings is 1. The smallest absolute Gasteiger partial charge is 0.236 e. The van der Waals surface area contributed by atoms with Crippen LogP contribution in [0.25, 0.3) is 16.2 Å². The van der Waals surface area contributed by atoms with Gasteiger partial charge in [-0.2, -0.15) is 9.78 Å². The quantitative estimate of drug-likeness (QED) is 0.307. The number of aliphatic hydroxyl groups excluding tert-OH is 1. The van der Waals surface area contributed by atoms with E-state index in [1.807, 2.05) is 47.7 Å². The summed E-state index contributed by atoms with van der Waals surface area (Å²) >= 11 is 3.02. The fourth-order valence-electron chi connectivity index (χ4n) is 6.89. The predicted octanol–water partition coefficient (Wildman–Crippen LogP) is 4.06. The number of likely N-dealkylation sites (tertiary alicyclic amines) is 1. The zero-order valence-corrected chi connectivity index (χ0v) is 27.1. The van der Waals surface area contributed by atoms with Crippen LogP contribution in [0.2, 0.25) is 0 Å². The maximum atomic E-state index is 12.6. The van der Waals surface area contributed by atoms with Crippen molar-refractivity contribution in [3.05, 3.63) is 40.4 Å². The van der Waals surface area contributed by atoms with E-state index >= 15 is 0 Å². The van der Waals surface area contributed by atoms with Gasteiger partial charge in [0, 0.05) is 43.8 Å². The van der Waals surface area contributed by atoms with E-state index in [1.54, 1.807) is 16.2 Å². The van der Waals surface area contributed by atoms with Crippen molar-refractivity contribution in [3.63, 3.8) is 0 Å². The number of hydrogen-bond acceptors (Lipinski definition) is 11. The van der Waals surface area contributed by atoms with E-state index in [2.05, 4.69) is 29.8 Å². The van der Waals surface area contributed by atoms with Gasteiger partial charge in [-0.25, -0.2) is 9.97 Å². The number of nitrogens with zero attached hydrogens (tertiary/aromatic N) is 9. The lowest BCUT2D eigenvalue weighted by atomic mass is 9.96. The molecular weight excluding hydrogens is 595 g/mol. The minimum atomic E-state index is -0.371. The molecule has 0 radical (unpaired) electrons. The van der Waals surface area contributed by atoms with E-state index in [1.165, 1.54) is 11.3 Å². The van der Waals surface area contributed by atoms with Crippen LogP contribution in [-0.4, -0.2) is 98.4 Å². The molecular formula is C31H37N9O2S2. The second-order valence-corrected chi connectivity index (χ2v) is 14.2. The number of β-amino-alcohol motifs (C(OH)–C–C–N with tert-alkyl or cyclic N) is 1. The molecule has 0 aliphatic carbocycles. The summed E-state index contributed by atoms with van der Waals surface area (Å²) in [7, 11) is 4.04. The number of thiazole rings is 1. The molecule has 3 aliphatic heterocycles. The molecule has 1 aromatic carbocycles. The highest BCUT2D eigenvalue weighted by Crippen LogP contribution is 2.44. The van der Waals surface area contributed by atoms with Gasteiger partial charge < -0.3 is 19.8 Å². The number of benzene rings is 1. The minimum Gasteiger partial charge on any atom is -0.389 e. The third kappa shape index (κ3) is 5.03. The molecule has 230 valence electrons. The van der Waals surface area contributed by atoms with Crippen molar-refractivity contribution in [1.82, 2.24) is 29.4 Å². The Bertz CT molecular complexity index is 1720. The summed E-state index contributed by atoms with van der Waals surface area (Å²) in [6.07, 6.45) is 4.61. The first kappa shape index (κ1) is 29.2. The van der Waals surface area contributed by atoms with Gasteiger partial charge in [-0.15, -0.1) is 5.10 Å². The molecule has 13 heteroatoms. The largest absolute Gasteiger partial charge is 0.389 e. The zero-order chi connectivity index (χ0) is 30.7. The zero-order valence-electron chi connectivity index (χ0n) is 25.5. The number of likely N-dealkylation sites (N-methyl/N-ethyl adjacent to an activating group) is 1. The van der Waals surface area contributed by atoms with Gasteiger partial charge in [-0.05, 0) is 46.1 Å². The standard InChI is InChI=1S/C31H37N9O2S2/c1-5-24-28(37(4)29-34-27(25(14-32)43-29)19-8-6-18(2)7-9-19)40-30(33-24)44-31(35-40)39-20-10-11-21(39)13-22(12-20)36(3)17-26(42)38-15-23(41)16-38/h6-9,20-23,41H,5,10-13,15-17H2,1-4H3. The van der Waals surface area contributed by atoms with Crippen molar-refractivity contribution in [1.29, 1.82) is 5.26 Å². The number of piperidine rings is 1. The third-order valence-electron chi connectivity index (χ3n) is 9.37. The Balaban J connectivity index is 1.13. The Hall–Kier alpha value is -3.57. The number of anilines is 3. The number of nitriles is 1. The number of aromatic nitrogens is 4. The normalized spacial score (nSPS) is 21.7. The molecule has 1 N–H and O–H groups in total. The molecule has 3 aliphatic rings. The van der Waals surface area contributed by atoms with Gasteiger partial charge in [0.05, 0.1) is 18.3 Å². The molecule has 3 fully saturated rings. The summed E-state index contributed by atoms with van der Waals surface area (Å²) in [5, 5.41) is 26.4. The van der Waals surface area contributed by atoms with E-state index < -0.39 is 0 Å². The van der Waals surface area contributed by atoms with Crippen LogP contribution in [0, 0.1) is 18.3 Å². The van der Waals surface area contributed by atoms with E-state index in [9.17, 15) is 15.2 Å². The molecule has 2 unspecified atom stereocenters. The Morgan fingerprint density at radius 1 is 1.11 bits per heavy atom. The highest BCUT2D eigenvalue weighted by Gasteiger charge is 2.44. The fraction of sp³-hybridized carbons (Fsp3) is 0.516. The van der Waals surface area contributed by atoms with Crippen LogP contribution in [0.5, 0.6) is 0 Å². The molecule has 3 saturated heterocycles. The molecule has 11 nitrogen and oxygen atoms in total. The number of carbonyl (C=O) groups is 1. The van der Waals surface area contributed by atoms with E-state index in [4.69, 9.17) is 15.1 Å². The number of carbonyl (C=O) groups excluding carboxylic acids is 1. The van der Waals surface area contributed by atoms with Gasteiger partial charge in [0.15, 0.2) is 10.9 Å². The van der Waals surface area contributed by atoms with Crippen molar-refractivity contribution >= 4 is 49.6 Å². The van der Waals surface area contributed by atoms with Gasteiger partial charge in [0.2, 0.25) is 16.0 Å². The number of hydrogen-bond donors (Lipinski definition) is 1. The maximum absolute atomic E-state index is 12.6. The minimum absolute atomic E-state index is 0.102. The summed E-state index contributed by atoms with van der Waals surface area (Å²) in [4.78, 5) is 32.5. The summed E-state index contributed by atoms with van der Waals surface area (Å²) in [5.74, 6) is 0.987. The fourth-order valence-corrected chi connectivity index (χ4v) is 8.80. The third-order valence-corrected chi connectivity index (χ3v) is 11.3. The molecule has 0 spiro atoms. The molecule has 7 rings (SSSR count). The number of aryl methyl sites for hydroxylation is 2. The first-order chi connectivity index (χ1) is 21.2. The second-order valence-electron chi connectivity index (χ2n) is 12.3. The first-order valence-corrected chi connectivity index (χ1v) is 16.9. The molecule has 3 aromatic heterocycles. The van der Waals surface area contributed by atoms with Gasteiger partial charge in [-0.1, -0.05) is 59.4 Å². The second kappa shape index (κ2) is 11.4. The van der Waals surface area contributed by atoms with Gasteiger partial charge in [-0.3, -0.25) is 9.69 Å². The van der Waals surface area contributed by atoms with Crippen molar-refractivity contribution in [2.45, 2.75) is 70.2 Å². The lowest BCUT2D eigenvalue weighted by Crippen LogP contribution is -2.57. The number of rotatable bonds is 8. The Labute approximate surface area is 265 Å². The highest BCUT2D eigenvalue weighted by molar-refractivity contribution is 7.20. The summed E-state index contributed by atoms with van der Waals surface area (Å²) < 4.78 is 1.95. The van der Waals surface area contributed by atoms with Crippen molar-refractivity contribution in [2.75, 3.05) is 43.5 Å². The summed E-state index contributed by atoms with van der Waals surface area (Å²) in [6, 6.07) is 11.5. The van der Waals surface area contributed by atoms with Crippen molar-refractivity contribution in [2.24, 2.45) is 0 Å². The average Bonchev–Trinajstić information content (AvgIpc) is 3.75. The molecule has 4 aromatic rings. The SMILES string of the molecule is CCc1nc2sc(N3C4CCC3CC(N(C)CC(=O)N3CC(O)C3)C4)nn2c1N(C)c1nc(-c2ccc(C)cc2)c(C#N)s1. The number of fused-ring (bicyclic) bond motifs is 3. The van der Waals surface area contributed by atoms with E-state index in [0.717, 1.165) is 70.0 Å². The van der Waals surface area contributed by atoms with Crippen LogP contribution in [0.15, 0.2) is 24.3 Å². The molecule has 1 amide bonds. The Morgan fingerprint density at radius 2 is 1.82 bits per heavy atom. The van der Waals surface area contributed by atoms with Crippen LogP contribution in [-0.2, 0) is 11.2 Å². The van der Waals surface area contributed by atoms with Crippen LogP contribution in [0.1, 0.15) is 48.7 Å². The monoisotopic (exact) mass is 631 g/mol. The van der Waals surface area contributed by atoms with Gasteiger partial charge in [0.1, 0.15) is 16.6 Å². The first-order valence-electron chi connectivity index (χ1n) is 15.3. The van der Waals surface area contributed by atoms with Crippen LogP contribution >= 0.6 is 22.7 Å². The summed E-state index contributed by atoms with van der Waals surface area (Å²) in [5.41, 5.74) is 3.75. The predicted molar refractivity (Wildman–Crippen MR) is 173 cm³/mol. The molecule has 2 atom stereocenters. The lowest BCUT2D eigenvalue weighted by molar-refractivity contribution is -0.142. The lowest BCUT2D eigenvalue weighted by Gasteiger charge is -2.43. The Morgan fingerprint density at radius 3 is 2.45 bits per heavy atom. The molecule has 44 heavy (non-hydrogen) atoms. The van der Waals surface area contributed by atoms with Gasteiger partial charge in [0.25, 0.3) is 0 Å². The highest BCUT2D eigenvalue weighted by atomic mass is 32.1. The number of amides is 1. The molecule has 0 saturated carbocycles. The summed E-state index contributed by atoms with van der Waals surface area (Å²) in [6.45, 7) is 5.45. The van der Waals surface area contributed by atoms with Gasteiger partial charge >= 0.3 is 0 Å². The van der Waals surface area contributed by atoms with Crippen LogP contribution in [0.4, 0.5) is 16.1 Å². The topological polar surface area (TPSA) is 117 Å². The maximum Gasteiger partial charge on any atom is 0.236 e. The van der Waals surface area contributed by atoms with E-state index in [0.29, 0.717) is 48.3 Å². The molecule has 6 heterocycles. The van der Waals surface area contributed by atoms with Crippen LogP contribution < -0.4 is 9.80 Å². The van der Waals surface area contributed by atoms with Crippen molar-refractivity contribution < 1.29 is 9.90 Å². The molecule has 2 bridgehead atoms. The van der Waals surface area contributed by atoms with Crippen molar-refractivity contribution in [3.8, 4) is 17.3 Å². The van der Waals surface area contributed by atoms with E-state index in [-0.39, 0.29) is 12.0 Å².